The van der Waals surface area contributed by atoms with Crippen molar-refractivity contribution in [3.63, 3.8) is 0 Å². The fraction of sp³-hybridized carbons (Fsp3) is 0.529. The molecule has 1 atom stereocenters. The third kappa shape index (κ3) is 3.82. The molecule has 124 valence electrons. The molecule has 1 aromatic rings. The lowest BCUT2D eigenvalue weighted by atomic mass is 10.0. The molecule has 6 nitrogen and oxygen atoms in total. The highest BCUT2D eigenvalue weighted by molar-refractivity contribution is 6.01. The fourth-order valence-electron chi connectivity index (χ4n) is 3.06. The number of oxime groups is 1. The van der Waals surface area contributed by atoms with E-state index < -0.39 is 12.1 Å². The van der Waals surface area contributed by atoms with Crippen molar-refractivity contribution in [1.29, 1.82) is 0 Å². The van der Waals surface area contributed by atoms with Gasteiger partial charge in [0, 0.05) is 17.5 Å². The van der Waals surface area contributed by atoms with Crippen molar-refractivity contribution in [1.82, 2.24) is 0 Å². The van der Waals surface area contributed by atoms with Crippen molar-refractivity contribution in [2.75, 3.05) is 0 Å². The number of benzene rings is 1. The van der Waals surface area contributed by atoms with Crippen LogP contribution in [0.4, 0.5) is 0 Å². The maximum Gasteiger partial charge on any atom is 0.307 e. The van der Waals surface area contributed by atoms with Crippen LogP contribution in [-0.4, -0.2) is 34.1 Å². The van der Waals surface area contributed by atoms with E-state index in [9.17, 15) is 9.90 Å². The third-order valence-corrected chi connectivity index (χ3v) is 4.30. The topological polar surface area (TPSA) is 88.4 Å². The smallest absolute Gasteiger partial charge is 0.307 e. The van der Waals surface area contributed by atoms with Gasteiger partial charge >= 0.3 is 5.97 Å². The number of aliphatic hydroxyl groups is 1. The Hall–Kier alpha value is -2.08. The van der Waals surface area contributed by atoms with Crippen molar-refractivity contribution in [3.05, 3.63) is 29.3 Å². The molecule has 0 amide bonds. The minimum atomic E-state index is -0.896. The molecule has 6 heteroatoms. The van der Waals surface area contributed by atoms with Gasteiger partial charge in [-0.25, -0.2) is 0 Å². The Labute approximate surface area is 134 Å². The minimum absolute atomic E-state index is 0.0623. The van der Waals surface area contributed by atoms with Crippen LogP contribution in [0.2, 0.25) is 0 Å². The molecule has 1 heterocycles. The first-order chi connectivity index (χ1) is 11.2. The Morgan fingerprint density at radius 1 is 1.35 bits per heavy atom. The van der Waals surface area contributed by atoms with Crippen molar-refractivity contribution < 1.29 is 24.6 Å². The average molecular weight is 319 g/mol. The van der Waals surface area contributed by atoms with E-state index in [1.807, 2.05) is 18.2 Å². The quantitative estimate of drug-likeness (QED) is 0.841. The van der Waals surface area contributed by atoms with E-state index in [-0.39, 0.29) is 19.1 Å². The number of aliphatic hydroxyl groups excluding tert-OH is 1. The Morgan fingerprint density at radius 3 is 2.83 bits per heavy atom. The van der Waals surface area contributed by atoms with E-state index >= 15 is 0 Å². The molecule has 0 spiro atoms. The van der Waals surface area contributed by atoms with Crippen LogP contribution in [0.1, 0.15) is 49.7 Å². The lowest BCUT2D eigenvalue weighted by Crippen LogP contribution is -2.15. The molecule has 2 aliphatic rings. The predicted octanol–water partition coefficient (Wildman–Crippen LogP) is 2.47. The number of nitrogens with zero attached hydrogens (tertiary/aromatic N) is 1. The molecule has 1 aliphatic carbocycles. The fourth-order valence-corrected chi connectivity index (χ4v) is 3.06. The zero-order valence-corrected chi connectivity index (χ0v) is 12.9. The molecule has 0 bridgehead atoms. The number of carboxylic acid groups (broad SMARTS) is 1. The van der Waals surface area contributed by atoms with Crippen LogP contribution in [0.15, 0.2) is 23.4 Å². The summed E-state index contributed by atoms with van der Waals surface area (Å²) in [6, 6.07) is 5.56. The lowest BCUT2D eigenvalue weighted by Gasteiger charge is -2.16. The Bertz CT molecular complexity index is 607. The Morgan fingerprint density at radius 2 is 2.13 bits per heavy atom. The van der Waals surface area contributed by atoms with Gasteiger partial charge in [0.05, 0.1) is 24.8 Å². The van der Waals surface area contributed by atoms with Gasteiger partial charge in [0.15, 0.2) is 0 Å². The van der Waals surface area contributed by atoms with E-state index in [0.29, 0.717) is 12.2 Å². The maximum atomic E-state index is 10.8. The van der Waals surface area contributed by atoms with Crippen LogP contribution in [0.5, 0.6) is 5.75 Å². The molecule has 1 saturated carbocycles. The summed E-state index contributed by atoms with van der Waals surface area (Å²) in [6.07, 6.45) is 4.63. The normalized spacial score (nSPS) is 21.1. The molecule has 1 unspecified atom stereocenters. The molecule has 2 N–H and O–H groups in total. The SMILES string of the molecule is O=C(O)CC1CC(c2ccc(CO)c(OC3CCCC3)c2)=NO1. The standard InChI is InChI=1S/C17H21NO5/c19-10-12-6-5-11(7-16(12)22-13-3-1-2-4-13)15-8-14(23-18-15)9-17(20)21/h5-7,13-14,19H,1-4,8-10H2,(H,20,21). The van der Waals surface area contributed by atoms with Crippen molar-refractivity contribution in [2.24, 2.45) is 5.16 Å². The number of carbonyl (C=O) groups is 1. The second kappa shape index (κ2) is 7.00. The number of hydrogen-bond donors (Lipinski definition) is 2. The number of hydrogen-bond acceptors (Lipinski definition) is 5. The van der Waals surface area contributed by atoms with Crippen molar-refractivity contribution in [3.8, 4) is 5.75 Å². The molecule has 0 aromatic heterocycles. The maximum absolute atomic E-state index is 10.8. The second-order valence-electron chi connectivity index (χ2n) is 6.07. The van der Waals surface area contributed by atoms with Gasteiger partial charge in [-0.2, -0.15) is 0 Å². The number of rotatable bonds is 6. The predicted molar refractivity (Wildman–Crippen MR) is 83.5 cm³/mol. The van der Waals surface area contributed by atoms with Gasteiger partial charge in [-0.15, -0.1) is 0 Å². The molecule has 0 saturated heterocycles. The largest absolute Gasteiger partial charge is 0.490 e. The molecule has 0 radical (unpaired) electrons. The monoisotopic (exact) mass is 319 g/mol. The zero-order valence-electron chi connectivity index (χ0n) is 12.9. The summed E-state index contributed by atoms with van der Waals surface area (Å²) in [7, 11) is 0. The molecular weight excluding hydrogens is 298 g/mol. The van der Waals surface area contributed by atoms with Gasteiger partial charge in [0.1, 0.15) is 11.9 Å². The van der Waals surface area contributed by atoms with Gasteiger partial charge in [0.2, 0.25) is 0 Å². The van der Waals surface area contributed by atoms with Gasteiger partial charge in [-0.3, -0.25) is 4.79 Å². The van der Waals surface area contributed by atoms with Gasteiger partial charge < -0.3 is 19.8 Å². The molecule has 23 heavy (non-hydrogen) atoms. The summed E-state index contributed by atoms with van der Waals surface area (Å²) < 4.78 is 6.04. The Kier molecular flexibility index (Phi) is 4.81. The summed E-state index contributed by atoms with van der Waals surface area (Å²) in [5.74, 6) is -0.214. The minimum Gasteiger partial charge on any atom is -0.490 e. The Balaban J connectivity index is 1.74. The first-order valence-corrected chi connectivity index (χ1v) is 8.01. The van der Waals surface area contributed by atoms with Crippen LogP contribution < -0.4 is 4.74 Å². The summed E-state index contributed by atoms with van der Waals surface area (Å²) in [5.41, 5.74) is 2.32. The number of carboxylic acids is 1. The highest BCUT2D eigenvalue weighted by Gasteiger charge is 2.25. The van der Waals surface area contributed by atoms with E-state index in [1.165, 1.54) is 12.8 Å². The lowest BCUT2D eigenvalue weighted by molar-refractivity contribution is -0.139. The van der Waals surface area contributed by atoms with Gasteiger partial charge in [0.25, 0.3) is 0 Å². The van der Waals surface area contributed by atoms with E-state index in [0.717, 1.165) is 29.7 Å². The average Bonchev–Trinajstić information content (AvgIpc) is 3.18. The van der Waals surface area contributed by atoms with Crippen LogP contribution in [0.3, 0.4) is 0 Å². The highest BCUT2D eigenvalue weighted by atomic mass is 16.6. The molecule has 1 aromatic carbocycles. The first kappa shape index (κ1) is 15.8. The van der Waals surface area contributed by atoms with Gasteiger partial charge in [-0.1, -0.05) is 17.3 Å². The van der Waals surface area contributed by atoms with Crippen molar-refractivity contribution in [2.45, 2.75) is 57.3 Å². The number of ether oxygens (including phenoxy) is 1. The molecule has 1 aliphatic heterocycles. The number of aliphatic carboxylic acids is 1. The third-order valence-electron chi connectivity index (χ3n) is 4.30. The summed E-state index contributed by atoms with van der Waals surface area (Å²) in [5, 5.41) is 22.3. The van der Waals surface area contributed by atoms with Crippen molar-refractivity contribution >= 4 is 11.7 Å². The zero-order chi connectivity index (χ0) is 16.2. The van der Waals surface area contributed by atoms with Crippen LogP contribution in [0, 0.1) is 0 Å². The van der Waals surface area contributed by atoms with Crippen LogP contribution in [-0.2, 0) is 16.2 Å². The summed E-state index contributed by atoms with van der Waals surface area (Å²) >= 11 is 0. The van der Waals surface area contributed by atoms with Crippen LogP contribution >= 0.6 is 0 Å². The first-order valence-electron chi connectivity index (χ1n) is 8.01. The second-order valence-corrected chi connectivity index (χ2v) is 6.07. The summed E-state index contributed by atoms with van der Waals surface area (Å²) in [4.78, 5) is 15.9. The van der Waals surface area contributed by atoms with E-state index in [1.54, 1.807) is 0 Å². The van der Waals surface area contributed by atoms with Gasteiger partial charge in [-0.05, 0) is 31.7 Å². The van der Waals surface area contributed by atoms with Crippen LogP contribution in [0.25, 0.3) is 0 Å². The molecule has 3 rings (SSSR count). The van der Waals surface area contributed by atoms with E-state index in [2.05, 4.69) is 5.16 Å². The van der Waals surface area contributed by atoms with E-state index in [4.69, 9.17) is 14.7 Å². The summed E-state index contributed by atoms with van der Waals surface area (Å²) in [6.45, 7) is -0.0764. The highest BCUT2D eigenvalue weighted by Crippen LogP contribution is 2.29. The molecular formula is C17H21NO5. The molecule has 1 fully saturated rings.